The first-order chi connectivity index (χ1) is 11.7. The van der Waals surface area contributed by atoms with Crippen LogP contribution in [0.25, 0.3) is 0 Å². The predicted molar refractivity (Wildman–Crippen MR) is 91.9 cm³/mol. The SMILES string of the molecule is CCCCCCCCCCOCc1ccc(CC(C=O)C(=O)O)o1. The highest BCUT2D eigenvalue weighted by molar-refractivity contribution is 5.86. The Morgan fingerprint density at radius 3 is 2.38 bits per heavy atom. The standard InChI is InChI=1S/C19H30O5/c1-2-3-4-5-6-7-8-9-12-23-15-18-11-10-17(24-18)13-16(14-20)19(21)22/h10-11,14,16H,2-9,12-13,15H2,1H3,(H,21,22). The molecule has 0 aliphatic carbocycles. The van der Waals surface area contributed by atoms with Gasteiger partial charge in [-0.25, -0.2) is 0 Å². The largest absolute Gasteiger partial charge is 0.481 e. The van der Waals surface area contributed by atoms with E-state index in [0.29, 0.717) is 31.0 Å². The van der Waals surface area contributed by atoms with Gasteiger partial charge in [0.05, 0.1) is 0 Å². The van der Waals surface area contributed by atoms with Crippen LogP contribution in [0.4, 0.5) is 0 Å². The van der Waals surface area contributed by atoms with E-state index in [2.05, 4.69) is 6.92 Å². The summed E-state index contributed by atoms with van der Waals surface area (Å²) in [6, 6.07) is 3.47. The lowest BCUT2D eigenvalue weighted by Gasteiger charge is -2.04. The molecule has 1 heterocycles. The fourth-order valence-corrected chi connectivity index (χ4v) is 2.53. The monoisotopic (exact) mass is 338 g/mol. The minimum absolute atomic E-state index is 0.0802. The maximum atomic E-state index is 10.8. The summed E-state index contributed by atoms with van der Waals surface area (Å²) >= 11 is 0. The Kier molecular flexibility index (Phi) is 10.9. The quantitative estimate of drug-likeness (QED) is 0.292. The second-order valence-corrected chi connectivity index (χ2v) is 6.18. The minimum Gasteiger partial charge on any atom is -0.481 e. The third kappa shape index (κ3) is 8.87. The molecule has 0 saturated heterocycles. The molecular formula is C19H30O5. The molecule has 0 aliphatic heterocycles. The van der Waals surface area contributed by atoms with Crippen molar-refractivity contribution in [3.05, 3.63) is 23.7 Å². The first-order valence-electron chi connectivity index (χ1n) is 9.00. The average molecular weight is 338 g/mol. The zero-order valence-corrected chi connectivity index (χ0v) is 14.7. The van der Waals surface area contributed by atoms with Crippen molar-refractivity contribution in [2.24, 2.45) is 5.92 Å². The molecule has 1 aromatic rings. The molecule has 1 atom stereocenters. The molecule has 0 amide bonds. The average Bonchev–Trinajstić information content (AvgIpc) is 3.01. The van der Waals surface area contributed by atoms with Crippen LogP contribution in [0.5, 0.6) is 0 Å². The highest BCUT2D eigenvalue weighted by Crippen LogP contribution is 2.14. The second kappa shape index (κ2) is 12.8. The van der Waals surface area contributed by atoms with Crippen LogP contribution >= 0.6 is 0 Å². The first kappa shape index (κ1) is 20.4. The number of unbranched alkanes of at least 4 members (excludes halogenated alkanes) is 7. The molecule has 1 unspecified atom stereocenters. The van der Waals surface area contributed by atoms with Crippen molar-refractivity contribution in [1.82, 2.24) is 0 Å². The molecule has 1 rings (SSSR count). The van der Waals surface area contributed by atoms with E-state index >= 15 is 0 Å². The van der Waals surface area contributed by atoms with Gasteiger partial charge in [-0.3, -0.25) is 4.79 Å². The fourth-order valence-electron chi connectivity index (χ4n) is 2.53. The number of carboxylic acid groups (broad SMARTS) is 1. The van der Waals surface area contributed by atoms with Crippen molar-refractivity contribution < 1.29 is 23.8 Å². The van der Waals surface area contributed by atoms with Crippen LogP contribution in [0, 0.1) is 5.92 Å². The van der Waals surface area contributed by atoms with Crippen molar-refractivity contribution in [1.29, 1.82) is 0 Å². The molecule has 136 valence electrons. The van der Waals surface area contributed by atoms with E-state index in [4.69, 9.17) is 14.3 Å². The van der Waals surface area contributed by atoms with Crippen LogP contribution in [0.2, 0.25) is 0 Å². The number of hydrogen-bond donors (Lipinski definition) is 1. The molecule has 5 heteroatoms. The third-order valence-corrected chi connectivity index (χ3v) is 4.01. The summed E-state index contributed by atoms with van der Waals surface area (Å²) in [5.74, 6) is -1.02. The normalized spacial score (nSPS) is 12.2. The minimum atomic E-state index is -1.13. The number of aliphatic carboxylic acids is 1. The van der Waals surface area contributed by atoms with Crippen molar-refractivity contribution >= 4 is 12.3 Å². The number of carboxylic acids is 1. The van der Waals surface area contributed by atoms with E-state index in [-0.39, 0.29) is 6.42 Å². The summed E-state index contributed by atoms with van der Waals surface area (Å²) in [7, 11) is 0. The topological polar surface area (TPSA) is 76.7 Å². The zero-order valence-electron chi connectivity index (χ0n) is 14.7. The second-order valence-electron chi connectivity index (χ2n) is 6.18. The highest BCUT2D eigenvalue weighted by Gasteiger charge is 2.18. The van der Waals surface area contributed by atoms with Gasteiger partial charge in [-0.1, -0.05) is 51.9 Å². The van der Waals surface area contributed by atoms with Gasteiger partial charge in [0, 0.05) is 13.0 Å². The molecular weight excluding hydrogens is 308 g/mol. The molecule has 1 aromatic heterocycles. The van der Waals surface area contributed by atoms with Crippen molar-refractivity contribution in [3.63, 3.8) is 0 Å². The number of hydrogen-bond acceptors (Lipinski definition) is 4. The van der Waals surface area contributed by atoms with Gasteiger partial charge in [0.25, 0.3) is 0 Å². The van der Waals surface area contributed by atoms with Crippen LogP contribution in [-0.4, -0.2) is 24.0 Å². The Morgan fingerprint density at radius 1 is 1.12 bits per heavy atom. The van der Waals surface area contributed by atoms with Crippen LogP contribution < -0.4 is 0 Å². The van der Waals surface area contributed by atoms with E-state index in [1.54, 1.807) is 12.1 Å². The number of ether oxygens (including phenoxy) is 1. The van der Waals surface area contributed by atoms with Gasteiger partial charge < -0.3 is 19.1 Å². The van der Waals surface area contributed by atoms with Crippen LogP contribution in [0.15, 0.2) is 16.5 Å². The summed E-state index contributed by atoms with van der Waals surface area (Å²) < 4.78 is 11.1. The Morgan fingerprint density at radius 2 is 1.75 bits per heavy atom. The summed E-state index contributed by atoms with van der Waals surface area (Å²) in [5.41, 5.74) is 0. The smallest absolute Gasteiger partial charge is 0.314 e. The Labute approximate surface area is 144 Å². The lowest BCUT2D eigenvalue weighted by Crippen LogP contribution is -2.17. The fraction of sp³-hybridized carbons (Fsp3) is 0.684. The number of aldehydes is 1. The summed E-state index contributed by atoms with van der Waals surface area (Å²) in [6.45, 7) is 3.32. The van der Waals surface area contributed by atoms with Crippen LogP contribution in [-0.2, 0) is 27.4 Å². The summed E-state index contributed by atoms with van der Waals surface area (Å²) in [5, 5.41) is 8.85. The van der Waals surface area contributed by atoms with Crippen LogP contribution in [0.3, 0.4) is 0 Å². The highest BCUT2D eigenvalue weighted by atomic mass is 16.5. The Balaban J connectivity index is 2.07. The van der Waals surface area contributed by atoms with E-state index in [1.165, 1.54) is 44.9 Å². The Hall–Kier alpha value is -1.62. The number of furan rings is 1. The Bertz CT molecular complexity index is 466. The van der Waals surface area contributed by atoms with Gasteiger partial charge in [-0.2, -0.15) is 0 Å². The molecule has 5 nitrogen and oxygen atoms in total. The maximum Gasteiger partial charge on any atom is 0.314 e. The number of carbonyl (C=O) groups excluding carboxylic acids is 1. The van der Waals surface area contributed by atoms with Gasteiger partial charge in [-0.15, -0.1) is 0 Å². The van der Waals surface area contributed by atoms with Gasteiger partial charge in [-0.05, 0) is 18.6 Å². The van der Waals surface area contributed by atoms with Crippen molar-refractivity contribution in [3.8, 4) is 0 Å². The van der Waals surface area contributed by atoms with E-state index in [1.807, 2.05) is 0 Å². The third-order valence-electron chi connectivity index (χ3n) is 4.01. The van der Waals surface area contributed by atoms with Crippen LogP contribution in [0.1, 0.15) is 69.8 Å². The molecule has 0 aromatic carbocycles. The summed E-state index contributed by atoms with van der Waals surface area (Å²) in [6.07, 6.45) is 10.6. The molecule has 0 saturated carbocycles. The van der Waals surface area contributed by atoms with Gasteiger partial charge in [0.15, 0.2) is 0 Å². The molecule has 0 spiro atoms. The molecule has 0 radical (unpaired) electrons. The molecule has 0 bridgehead atoms. The molecule has 0 fully saturated rings. The predicted octanol–water partition coefficient (Wildman–Crippen LogP) is 4.38. The zero-order chi connectivity index (χ0) is 17.6. The molecule has 0 aliphatic rings. The van der Waals surface area contributed by atoms with E-state index < -0.39 is 11.9 Å². The van der Waals surface area contributed by atoms with Crippen molar-refractivity contribution in [2.45, 2.75) is 71.3 Å². The lowest BCUT2D eigenvalue weighted by molar-refractivity contribution is -0.143. The molecule has 24 heavy (non-hydrogen) atoms. The molecule has 1 N–H and O–H groups in total. The maximum absolute atomic E-state index is 10.8. The van der Waals surface area contributed by atoms with Gasteiger partial charge in [0.1, 0.15) is 30.3 Å². The number of carbonyl (C=O) groups is 2. The van der Waals surface area contributed by atoms with Crippen molar-refractivity contribution in [2.75, 3.05) is 6.61 Å². The summed E-state index contributed by atoms with van der Waals surface area (Å²) in [4.78, 5) is 21.5. The van der Waals surface area contributed by atoms with Gasteiger partial charge in [0.2, 0.25) is 0 Å². The van der Waals surface area contributed by atoms with E-state index in [0.717, 1.165) is 6.42 Å². The number of rotatable bonds is 15. The first-order valence-corrected chi connectivity index (χ1v) is 9.00. The van der Waals surface area contributed by atoms with E-state index in [9.17, 15) is 9.59 Å². The lowest BCUT2D eigenvalue weighted by atomic mass is 10.1. The van der Waals surface area contributed by atoms with Gasteiger partial charge >= 0.3 is 5.97 Å².